The van der Waals surface area contributed by atoms with Gasteiger partial charge >= 0.3 is 0 Å². The molecule has 1 aliphatic carbocycles. The Morgan fingerprint density at radius 1 is 1.20 bits per heavy atom. The number of thioether (sulfide) groups is 1. The van der Waals surface area contributed by atoms with Gasteiger partial charge in [-0.3, -0.25) is 0 Å². The van der Waals surface area contributed by atoms with E-state index >= 15 is 0 Å². The standard InChI is InChI=1S/C17H27NOS/c1-17(7-3-2-4-8-17)13-20-16-11-14(6-5-9-18)10-15(19)12-16/h10-12,19H,2-9,13,18H2,1H3. The molecule has 112 valence electrons. The van der Waals surface area contributed by atoms with Gasteiger partial charge in [-0.1, -0.05) is 26.2 Å². The van der Waals surface area contributed by atoms with E-state index in [1.165, 1.54) is 42.6 Å². The Balaban J connectivity index is 1.96. The first kappa shape index (κ1) is 15.7. The minimum absolute atomic E-state index is 0.385. The third-order valence-electron chi connectivity index (χ3n) is 4.27. The Hall–Kier alpha value is -0.670. The second-order valence-electron chi connectivity index (χ2n) is 6.39. The lowest BCUT2D eigenvalue weighted by Crippen LogP contribution is -2.22. The van der Waals surface area contributed by atoms with Crippen molar-refractivity contribution in [2.75, 3.05) is 12.3 Å². The summed E-state index contributed by atoms with van der Waals surface area (Å²) in [6.45, 7) is 3.12. The molecule has 1 saturated carbocycles. The molecular formula is C17H27NOS. The van der Waals surface area contributed by atoms with Gasteiger partial charge in [0.05, 0.1) is 0 Å². The van der Waals surface area contributed by atoms with Crippen LogP contribution in [0.4, 0.5) is 0 Å². The lowest BCUT2D eigenvalue weighted by Gasteiger charge is -2.33. The molecule has 0 aliphatic heterocycles. The number of aromatic hydroxyl groups is 1. The van der Waals surface area contributed by atoms with E-state index in [1.54, 1.807) is 0 Å². The van der Waals surface area contributed by atoms with Crippen molar-refractivity contribution in [2.24, 2.45) is 11.1 Å². The molecule has 1 aliphatic rings. The fourth-order valence-electron chi connectivity index (χ4n) is 2.98. The van der Waals surface area contributed by atoms with Crippen molar-refractivity contribution in [1.29, 1.82) is 0 Å². The van der Waals surface area contributed by atoms with Crippen LogP contribution in [0.15, 0.2) is 23.1 Å². The zero-order valence-electron chi connectivity index (χ0n) is 12.5. The summed E-state index contributed by atoms with van der Waals surface area (Å²) < 4.78 is 0. The highest BCUT2D eigenvalue weighted by Gasteiger charge is 2.26. The number of phenolic OH excluding ortho intramolecular Hbond substituents is 1. The minimum Gasteiger partial charge on any atom is -0.508 e. The third-order valence-corrected chi connectivity index (χ3v) is 5.68. The van der Waals surface area contributed by atoms with E-state index in [-0.39, 0.29) is 0 Å². The third kappa shape index (κ3) is 4.71. The van der Waals surface area contributed by atoms with Gasteiger partial charge in [0.1, 0.15) is 5.75 Å². The number of phenols is 1. The van der Waals surface area contributed by atoms with Crippen LogP contribution >= 0.6 is 11.8 Å². The van der Waals surface area contributed by atoms with Crippen LogP contribution in [-0.4, -0.2) is 17.4 Å². The number of aryl methyl sites for hydroxylation is 1. The Morgan fingerprint density at radius 2 is 1.95 bits per heavy atom. The van der Waals surface area contributed by atoms with E-state index in [0.717, 1.165) is 18.6 Å². The van der Waals surface area contributed by atoms with Gasteiger partial charge in [-0.05, 0) is 61.4 Å². The van der Waals surface area contributed by atoms with E-state index in [9.17, 15) is 5.11 Å². The maximum absolute atomic E-state index is 9.85. The molecule has 0 spiro atoms. The molecule has 2 nitrogen and oxygen atoms in total. The van der Waals surface area contributed by atoms with Gasteiger partial charge in [0.2, 0.25) is 0 Å². The number of hydrogen-bond donors (Lipinski definition) is 2. The van der Waals surface area contributed by atoms with Crippen molar-refractivity contribution < 1.29 is 5.11 Å². The molecule has 2 rings (SSSR count). The first-order chi connectivity index (χ1) is 9.61. The summed E-state index contributed by atoms with van der Waals surface area (Å²) in [7, 11) is 0. The second kappa shape index (κ2) is 7.37. The minimum atomic E-state index is 0.385. The van der Waals surface area contributed by atoms with Crippen molar-refractivity contribution in [3.05, 3.63) is 23.8 Å². The van der Waals surface area contributed by atoms with E-state index in [4.69, 9.17) is 5.73 Å². The molecule has 20 heavy (non-hydrogen) atoms. The van der Waals surface area contributed by atoms with E-state index < -0.39 is 0 Å². The largest absolute Gasteiger partial charge is 0.508 e. The lowest BCUT2D eigenvalue weighted by atomic mass is 9.77. The summed E-state index contributed by atoms with van der Waals surface area (Å²) >= 11 is 1.90. The summed E-state index contributed by atoms with van der Waals surface area (Å²) in [5.74, 6) is 1.54. The Bertz CT molecular complexity index is 427. The number of benzene rings is 1. The predicted molar refractivity (Wildman–Crippen MR) is 87.4 cm³/mol. The zero-order chi connectivity index (χ0) is 14.4. The average molecular weight is 293 g/mol. The summed E-state index contributed by atoms with van der Waals surface area (Å²) in [5.41, 5.74) is 7.24. The van der Waals surface area contributed by atoms with Crippen molar-refractivity contribution in [1.82, 2.24) is 0 Å². The van der Waals surface area contributed by atoms with E-state index in [1.807, 2.05) is 23.9 Å². The highest BCUT2D eigenvalue weighted by Crippen LogP contribution is 2.40. The highest BCUT2D eigenvalue weighted by atomic mass is 32.2. The maximum Gasteiger partial charge on any atom is 0.116 e. The molecule has 0 unspecified atom stereocenters. The first-order valence-electron chi connectivity index (χ1n) is 7.77. The number of nitrogens with two attached hydrogens (primary N) is 1. The molecule has 0 bridgehead atoms. The van der Waals surface area contributed by atoms with Crippen molar-refractivity contribution in [2.45, 2.75) is 56.8 Å². The second-order valence-corrected chi connectivity index (χ2v) is 7.44. The fraction of sp³-hybridized carbons (Fsp3) is 0.647. The molecule has 0 atom stereocenters. The first-order valence-corrected chi connectivity index (χ1v) is 8.76. The van der Waals surface area contributed by atoms with Gasteiger partial charge in [-0.25, -0.2) is 0 Å². The zero-order valence-corrected chi connectivity index (χ0v) is 13.3. The van der Waals surface area contributed by atoms with Crippen LogP contribution in [0.2, 0.25) is 0 Å². The quantitative estimate of drug-likeness (QED) is 0.767. The van der Waals surface area contributed by atoms with Crippen LogP contribution in [0.5, 0.6) is 5.75 Å². The van der Waals surface area contributed by atoms with Crippen LogP contribution in [0.1, 0.15) is 51.0 Å². The van der Waals surface area contributed by atoms with Crippen LogP contribution in [0.25, 0.3) is 0 Å². The fourth-order valence-corrected chi connectivity index (χ4v) is 4.23. The van der Waals surface area contributed by atoms with Crippen LogP contribution in [0.3, 0.4) is 0 Å². The Morgan fingerprint density at radius 3 is 2.65 bits per heavy atom. The number of rotatable bonds is 6. The van der Waals surface area contributed by atoms with Crippen molar-refractivity contribution >= 4 is 11.8 Å². The molecule has 3 N–H and O–H groups in total. The normalized spacial score (nSPS) is 18.1. The molecule has 0 heterocycles. The van der Waals surface area contributed by atoms with Crippen LogP contribution in [0, 0.1) is 5.41 Å². The van der Waals surface area contributed by atoms with Gasteiger partial charge in [-0.2, -0.15) is 0 Å². The van der Waals surface area contributed by atoms with Gasteiger partial charge in [0, 0.05) is 10.6 Å². The van der Waals surface area contributed by atoms with E-state index in [0.29, 0.717) is 17.7 Å². The van der Waals surface area contributed by atoms with Crippen molar-refractivity contribution in [3.8, 4) is 5.75 Å². The summed E-state index contributed by atoms with van der Waals surface area (Å²) in [4.78, 5) is 1.20. The van der Waals surface area contributed by atoms with Gasteiger partial charge in [-0.15, -0.1) is 11.8 Å². The summed E-state index contributed by atoms with van der Waals surface area (Å²) in [5, 5.41) is 9.85. The van der Waals surface area contributed by atoms with Gasteiger partial charge < -0.3 is 10.8 Å². The van der Waals surface area contributed by atoms with E-state index in [2.05, 4.69) is 13.0 Å². The number of hydrogen-bond acceptors (Lipinski definition) is 3. The highest BCUT2D eigenvalue weighted by molar-refractivity contribution is 7.99. The molecule has 1 fully saturated rings. The monoisotopic (exact) mass is 293 g/mol. The van der Waals surface area contributed by atoms with Gasteiger partial charge in [0.25, 0.3) is 0 Å². The molecular weight excluding hydrogens is 266 g/mol. The molecule has 0 saturated heterocycles. The summed E-state index contributed by atoms with van der Waals surface area (Å²) in [6.07, 6.45) is 8.77. The van der Waals surface area contributed by atoms with Crippen LogP contribution in [-0.2, 0) is 6.42 Å². The van der Waals surface area contributed by atoms with Gasteiger partial charge in [0.15, 0.2) is 0 Å². The Kier molecular flexibility index (Phi) is 5.79. The molecule has 0 aromatic heterocycles. The average Bonchev–Trinajstić information content (AvgIpc) is 2.43. The molecule has 1 aromatic carbocycles. The predicted octanol–water partition coefficient (Wildman–Crippen LogP) is 4.35. The lowest BCUT2D eigenvalue weighted by molar-refractivity contribution is 0.251. The smallest absolute Gasteiger partial charge is 0.116 e. The molecule has 0 radical (unpaired) electrons. The molecule has 1 aromatic rings. The summed E-state index contributed by atoms with van der Waals surface area (Å²) in [6, 6.07) is 5.97. The Labute approximate surface area is 127 Å². The molecule has 0 amide bonds. The molecule has 3 heteroatoms. The topological polar surface area (TPSA) is 46.2 Å². The SMILES string of the molecule is CC1(CSc2cc(O)cc(CCCN)c2)CCCCC1. The maximum atomic E-state index is 9.85. The van der Waals surface area contributed by atoms with Crippen molar-refractivity contribution in [3.63, 3.8) is 0 Å². The van der Waals surface area contributed by atoms with Crippen LogP contribution < -0.4 is 5.73 Å².